The molecule has 1 heterocycles. The number of hydrogen-bond donors (Lipinski definition) is 1. The molecule has 1 aliphatic heterocycles. The fourth-order valence-electron chi connectivity index (χ4n) is 4.26. The molecule has 3 rings (SSSR count). The average Bonchev–Trinajstić information content (AvgIpc) is 3.17. The van der Waals surface area contributed by atoms with Crippen LogP contribution >= 0.6 is 0 Å². The van der Waals surface area contributed by atoms with Crippen LogP contribution < -0.4 is 5.32 Å². The zero-order chi connectivity index (χ0) is 19.6. The summed E-state index contributed by atoms with van der Waals surface area (Å²) in [5.74, 6) is 0.633. The summed E-state index contributed by atoms with van der Waals surface area (Å²) in [4.78, 5) is 0. The maximum absolute atomic E-state index is 9.73. The van der Waals surface area contributed by atoms with Gasteiger partial charge in [0.15, 0.2) is 0 Å². The van der Waals surface area contributed by atoms with E-state index in [0.717, 1.165) is 30.5 Å². The van der Waals surface area contributed by atoms with E-state index in [1.54, 1.807) is 0 Å². The number of hydrogen-bond acceptors (Lipinski definition) is 3. The normalized spacial score (nSPS) is 19.3. The molecule has 1 unspecified atom stereocenters. The molecule has 0 aliphatic carbocycles. The molecule has 1 N–H and O–H groups in total. The smallest absolute Gasteiger partial charge is 0.0995 e. The van der Waals surface area contributed by atoms with Crippen molar-refractivity contribution >= 4 is 0 Å². The Morgan fingerprint density at radius 3 is 1.89 bits per heavy atom. The molecule has 0 spiro atoms. The van der Waals surface area contributed by atoms with Crippen molar-refractivity contribution in [3.05, 3.63) is 69.8 Å². The Balaban J connectivity index is 2.19. The summed E-state index contributed by atoms with van der Waals surface area (Å²) in [5.41, 5.74) is 5.30. The lowest BCUT2D eigenvalue weighted by Crippen LogP contribution is -2.38. The van der Waals surface area contributed by atoms with Crippen molar-refractivity contribution < 1.29 is 0 Å². The minimum Gasteiger partial charge on any atom is -0.304 e. The predicted octanol–water partition coefficient (Wildman–Crippen LogP) is 5.30. The van der Waals surface area contributed by atoms with Crippen molar-refractivity contribution in [2.45, 2.75) is 57.9 Å². The maximum atomic E-state index is 9.73. The van der Waals surface area contributed by atoms with Crippen molar-refractivity contribution in [2.24, 2.45) is 0 Å². The SMILES string of the molecule is CC(C)c1ccc(C2(c3cc(C#N)c(C(C)C)c(C#N)c3)CCCN2)cc1. The summed E-state index contributed by atoms with van der Waals surface area (Å²) in [6.07, 6.45) is 2.03. The molecule has 3 heteroatoms. The number of nitrogens with one attached hydrogen (secondary N) is 1. The predicted molar refractivity (Wildman–Crippen MR) is 109 cm³/mol. The van der Waals surface area contributed by atoms with E-state index < -0.39 is 0 Å². The highest BCUT2D eigenvalue weighted by atomic mass is 15.0. The van der Waals surface area contributed by atoms with Crippen molar-refractivity contribution in [3.63, 3.8) is 0 Å². The summed E-state index contributed by atoms with van der Waals surface area (Å²) in [6.45, 7) is 9.39. The van der Waals surface area contributed by atoms with E-state index in [4.69, 9.17) is 0 Å². The fourth-order valence-corrected chi connectivity index (χ4v) is 4.26. The Labute approximate surface area is 162 Å². The lowest BCUT2D eigenvalue weighted by Gasteiger charge is -2.32. The molecular weight excluding hydrogens is 330 g/mol. The summed E-state index contributed by atoms with van der Waals surface area (Å²) in [5, 5.41) is 23.1. The van der Waals surface area contributed by atoms with Crippen molar-refractivity contribution in [2.75, 3.05) is 6.54 Å². The Hall–Kier alpha value is -2.62. The van der Waals surface area contributed by atoms with E-state index in [1.165, 1.54) is 11.1 Å². The molecule has 0 saturated carbocycles. The average molecular weight is 358 g/mol. The van der Waals surface area contributed by atoms with Gasteiger partial charge in [0, 0.05) is 0 Å². The maximum Gasteiger partial charge on any atom is 0.0995 e. The molecule has 1 atom stereocenters. The first-order chi connectivity index (χ1) is 12.9. The largest absolute Gasteiger partial charge is 0.304 e. The van der Waals surface area contributed by atoms with Gasteiger partial charge in [-0.15, -0.1) is 0 Å². The van der Waals surface area contributed by atoms with Crippen LogP contribution in [0.2, 0.25) is 0 Å². The van der Waals surface area contributed by atoms with Gasteiger partial charge in [-0.05, 0) is 65.6 Å². The summed E-state index contributed by atoms with van der Waals surface area (Å²) in [6, 6.07) is 17.4. The van der Waals surface area contributed by atoms with Crippen LogP contribution in [0.15, 0.2) is 36.4 Å². The first-order valence-electron chi connectivity index (χ1n) is 9.77. The van der Waals surface area contributed by atoms with Crippen LogP contribution in [0.3, 0.4) is 0 Å². The number of benzene rings is 2. The molecule has 1 aliphatic rings. The molecular formula is C24H27N3. The quantitative estimate of drug-likeness (QED) is 0.807. The van der Waals surface area contributed by atoms with Gasteiger partial charge >= 0.3 is 0 Å². The molecule has 1 fully saturated rings. The molecule has 2 aromatic rings. The van der Waals surface area contributed by atoms with Gasteiger partial charge in [0.2, 0.25) is 0 Å². The standard InChI is InChI=1S/C24H27N3/c1-16(2)18-6-8-21(9-7-18)24(10-5-11-27-24)22-12-19(14-25)23(17(3)4)20(13-22)15-26/h6-9,12-13,16-17,27H,5,10-11H2,1-4H3. The number of nitriles is 2. The van der Waals surface area contributed by atoms with Gasteiger partial charge in [-0.1, -0.05) is 52.0 Å². The van der Waals surface area contributed by atoms with E-state index in [-0.39, 0.29) is 11.5 Å². The molecule has 0 amide bonds. The summed E-state index contributed by atoms with van der Waals surface area (Å²) >= 11 is 0. The van der Waals surface area contributed by atoms with E-state index in [9.17, 15) is 10.5 Å². The topological polar surface area (TPSA) is 59.6 Å². The van der Waals surface area contributed by atoms with Crippen molar-refractivity contribution in [1.82, 2.24) is 5.32 Å². The van der Waals surface area contributed by atoms with Crippen LogP contribution in [-0.2, 0) is 5.54 Å². The van der Waals surface area contributed by atoms with Crippen LogP contribution in [0.5, 0.6) is 0 Å². The first kappa shape index (κ1) is 19.2. The highest BCUT2D eigenvalue weighted by Crippen LogP contribution is 2.40. The molecule has 27 heavy (non-hydrogen) atoms. The van der Waals surface area contributed by atoms with Crippen LogP contribution in [-0.4, -0.2) is 6.54 Å². The van der Waals surface area contributed by atoms with Gasteiger partial charge in [0.25, 0.3) is 0 Å². The Morgan fingerprint density at radius 1 is 0.889 bits per heavy atom. The Bertz CT molecular complexity index is 867. The van der Waals surface area contributed by atoms with Gasteiger partial charge in [0.05, 0.1) is 28.8 Å². The van der Waals surface area contributed by atoms with Gasteiger partial charge in [0.1, 0.15) is 0 Å². The zero-order valence-electron chi connectivity index (χ0n) is 16.6. The van der Waals surface area contributed by atoms with Crippen LogP contribution in [0.4, 0.5) is 0 Å². The van der Waals surface area contributed by atoms with Crippen LogP contribution in [0, 0.1) is 22.7 Å². The third kappa shape index (κ3) is 3.36. The second-order valence-electron chi connectivity index (χ2n) is 8.08. The third-order valence-corrected chi connectivity index (χ3v) is 5.72. The van der Waals surface area contributed by atoms with E-state index in [2.05, 4.69) is 55.6 Å². The van der Waals surface area contributed by atoms with E-state index >= 15 is 0 Å². The molecule has 2 aromatic carbocycles. The molecule has 0 bridgehead atoms. The highest BCUT2D eigenvalue weighted by molar-refractivity contribution is 5.55. The molecule has 1 saturated heterocycles. The lowest BCUT2D eigenvalue weighted by molar-refractivity contribution is 0.475. The molecule has 138 valence electrons. The van der Waals surface area contributed by atoms with Crippen LogP contribution in [0.1, 0.15) is 85.8 Å². The van der Waals surface area contributed by atoms with E-state index in [1.807, 2.05) is 26.0 Å². The monoisotopic (exact) mass is 357 g/mol. The van der Waals surface area contributed by atoms with Gasteiger partial charge in [-0.2, -0.15) is 10.5 Å². The molecule has 0 aromatic heterocycles. The third-order valence-electron chi connectivity index (χ3n) is 5.72. The second-order valence-corrected chi connectivity index (χ2v) is 8.08. The zero-order valence-corrected chi connectivity index (χ0v) is 16.6. The van der Waals surface area contributed by atoms with E-state index in [0.29, 0.717) is 17.0 Å². The lowest BCUT2D eigenvalue weighted by atomic mass is 9.78. The van der Waals surface area contributed by atoms with Crippen molar-refractivity contribution in [3.8, 4) is 12.1 Å². The summed E-state index contributed by atoms with van der Waals surface area (Å²) < 4.78 is 0. The van der Waals surface area contributed by atoms with Gasteiger partial charge in [-0.25, -0.2) is 0 Å². The Kier molecular flexibility index (Phi) is 5.36. The number of rotatable bonds is 4. The van der Waals surface area contributed by atoms with Gasteiger partial charge < -0.3 is 5.32 Å². The molecule has 3 nitrogen and oxygen atoms in total. The number of nitrogens with zero attached hydrogens (tertiary/aromatic N) is 2. The summed E-state index contributed by atoms with van der Waals surface area (Å²) in [7, 11) is 0. The second kappa shape index (κ2) is 7.55. The van der Waals surface area contributed by atoms with Crippen molar-refractivity contribution in [1.29, 1.82) is 10.5 Å². The first-order valence-corrected chi connectivity index (χ1v) is 9.77. The minimum absolute atomic E-state index is 0.140. The Morgan fingerprint density at radius 2 is 1.48 bits per heavy atom. The van der Waals surface area contributed by atoms with Crippen LogP contribution in [0.25, 0.3) is 0 Å². The minimum atomic E-state index is -0.331. The van der Waals surface area contributed by atoms with Gasteiger partial charge in [-0.3, -0.25) is 0 Å². The molecule has 0 radical (unpaired) electrons. The fraction of sp³-hybridized carbons (Fsp3) is 0.417. The highest BCUT2D eigenvalue weighted by Gasteiger charge is 2.38.